The van der Waals surface area contributed by atoms with E-state index in [-0.39, 0.29) is 4.90 Å². The van der Waals surface area contributed by atoms with E-state index in [0.29, 0.717) is 0 Å². The molecule has 7 nitrogen and oxygen atoms in total. The van der Waals surface area contributed by atoms with Gasteiger partial charge < -0.3 is 5.11 Å². The molecule has 8 heteroatoms. The first-order valence-electron chi connectivity index (χ1n) is 4.97. The van der Waals surface area contributed by atoms with Gasteiger partial charge in [-0.25, -0.2) is 8.42 Å². The van der Waals surface area contributed by atoms with Gasteiger partial charge in [0.2, 0.25) is 10.0 Å². The number of hydrogen-bond acceptors (Lipinski definition) is 4. The third kappa shape index (κ3) is 3.04. The van der Waals surface area contributed by atoms with Crippen molar-refractivity contribution < 1.29 is 18.3 Å². The van der Waals surface area contributed by atoms with Gasteiger partial charge in [0, 0.05) is 19.3 Å². The summed E-state index contributed by atoms with van der Waals surface area (Å²) in [6.45, 7) is 2.68. The molecule has 0 saturated heterocycles. The predicted octanol–water partition coefficient (Wildman–Crippen LogP) is -0.0962. The van der Waals surface area contributed by atoms with Crippen molar-refractivity contribution in [3.05, 3.63) is 12.4 Å². The topological polar surface area (TPSA) is 92.5 Å². The Morgan fingerprint density at radius 2 is 2.18 bits per heavy atom. The molecule has 1 rings (SSSR count). The van der Waals surface area contributed by atoms with E-state index in [9.17, 15) is 13.2 Å². The normalized spacial score (nSPS) is 12.3. The maximum Gasteiger partial charge on any atom is 0.318 e. The van der Waals surface area contributed by atoms with E-state index in [1.54, 1.807) is 20.9 Å². The molecule has 1 heterocycles. The summed E-state index contributed by atoms with van der Waals surface area (Å²) in [5.41, 5.74) is 0. The van der Waals surface area contributed by atoms with Crippen molar-refractivity contribution in [3.8, 4) is 0 Å². The molecule has 0 aliphatic heterocycles. The minimum atomic E-state index is -3.81. The highest BCUT2D eigenvalue weighted by molar-refractivity contribution is 7.89. The quantitative estimate of drug-likeness (QED) is 0.799. The summed E-state index contributed by atoms with van der Waals surface area (Å²) in [4.78, 5) is 10.7. The number of nitrogens with zero attached hydrogens (tertiary/aromatic N) is 3. The highest BCUT2D eigenvalue weighted by atomic mass is 32.2. The molecule has 1 aromatic rings. The lowest BCUT2D eigenvalue weighted by molar-refractivity contribution is -0.137. The average Bonchev–Trinajstić information content (AvgIpc) is 2.61. The van der Waals surface area contributed by atoms with Crippen molar-refractivity contribution in [3.63, 3.8) is 0 Å². The predicted molar refractivity (Wildman–Crippen MR) is 59.9 cm³/mol. The van der Waals surface area contributed by atoms with E-state index >= 15 is 0 Å². The molecular weight excluding hydrogens is 246 g/mol. The number of carboxylic acid groups (broad SMARTS) is 1. The van der Waals surface area contributed by atoms with Gasteiger partial charge in [-0.1, -0.05) is 0 Å². The number of sulfonamides is 1. The minimum absolute atomic E-state index is 0.00468. The number of carboxylic acids is 1. The number of aromatic nitrogens is 2. The van der Waals surface area contributed by atoms with Crippen LogP contribution in [0.25, 0.3) is 0 Å². The van der Waals surface area contributed by atoms with Gasteiger partial charge >= 0.3 is 5.97 Å². The molecule has 0 aromatic carbocycles. The fourth-order valence-electron chi connectivity index (χ4n) is 1.35. The third-order valence-corrected chi connectivity index (χ3v) is 4.13. The summed E-state index contributed by atoms with van der Waals surface area (Å²) in [5.74, 6) is -1.19. The number of hydrogen-bond donors (Lipinski definition) is 1. The second-order valence-corrected chi connectivity index (χ2v) is 5.78. The number of aliphatic carboxylic acids is 1. The molecule has 0 aliphatic carbocycles. The van der Waals surface area contributed by atoms with Gasteiger partial charge in [0.05, 0.1) is 6.20 Å². The van der Waals surface area contributed by atoms with Crippen molar-refractivity contribution in [1.82, 2.24) is 14.1 Å². The lowest BCUT2D eigenvalue weighted by Gasteiger charge is -2.23. The van der Waals surface area contributed by atoms with Crippen LogP contribution < -0.4 is 0 Å². The van der Waals surface area contributed by atoms with Crippen LogP contribution in [0.5, 0.6) is 0 Å². The molecule has 1 N–H and O–H groups in total. The van der Waals surface area contributed by atoms with Crippen molar-refractivity contribution in [2.24, 2.45) is 7.05 Å². The molecule has 0 radical (unpaired) electrons. The molecule has 0 unspecified atom stereocenters. The molecule has 0 aliphatic rings. The second kappa shape index (κ2) is 4.84. The molecule has 1 aromatic heterocycles. The molecule has 0 fully saturated rings. The first kappa shape index (κ1) is 13.7. The van der Waals surface area contributed by atoms with Crippen LogP contribution in [0.2, 0.25) is 0 Å². The van der Waals surface area contributed by atoms with E-state index in [0.717, 1.165) is 4.31 Å². The zero-order valence-corrected chi connectivity index (χ0v) is 10.7. The van der Waals surface area contributed by atoms with E-state index < -0.39 is 28.6 Å². The summed E-state index contributed by atoms with van der Waals surface area (Å²) in [6.07, 6.45) is 2.54. The molecule has 0 bridgehead atoms. The third-order valence-electron chi connectivity index (χ3n) is 2.15. The van der Waals surface area contributed by atoms with E-state index in [1.807, 2.05) is 0 Å². The Hall–Kier alpha value is -1.41. The van der Waals surface area contributed by atoms with Gasteiger partial charge in [-0.3, -0.25) is 9.48 Å². The smallest absolute Gasteiger partial charge is 0.318 e. The fourth-order valence-corrected chi connectivity index (χ4v) is 2.92. The van der Waals surface area contributed by atoms with Crippen LogP contribution in [-0.2, 0) is 21.9 Å². The molecule has 0 amide bonds. The van der Waals surface area contributed by atoms with Gasteiger partial charge in [-0.05, 0) is 13.8 Å². The average molecular weight is 261 g/mol. The Morgan fingerprint density at radius 1 is 1.59 bits per heavy atom. The number of aryl methyl sites for hydroxylation is 1. The van der Waals surface area contributed by atoms with Crippen LogP contribution in [-0.4, -0.2) is 46.2 Å². The van der Waals surface area contributed by atoms with Crippen LogP contribution in [0, 0.1) is 0 Å². The first-order chi connectivity index (χ1) is 7.75. The largest absolute Gasteiger partial charge is 0.480 e. The van der Waals surface area contributed by atoms with Crippen LogP contribution in [0.4, 0.5) is 0 Å². The Labute approximate surface area is 99.7 Å². The highest BCUT2D eigenvalue weighted by Crippen LogP contribution is 2.16. The lowest BCUT2D eigenvalue weighted by Crippen LogP contribution is -2.40. The lowest BCUT2D eigenvalue weighted by atomic mass is 10.4. The zero-order chi connectivity index (χ0) is 13.2. The Morgan fingerprint density at radius 3 is 2.53 bits per heavy atom. The number of carbonyl (C=O) groups is 1. The summed E-state index contributed by atoms with van der Waals surface area (Å²) in [6, 6.07) is -0.434. The minimum Gasteiger partial charge on any atom is -0.480 e. The van der Waals surface area contributed by atoms with Gasteiger partial charge in [0.15, 0.2) is 0 Å². The second-order valence-electron chi connectivity index (χ2n) is 3.89. The Balaban J connectivity index is 3.13. The van der Waals surface area contributed by atoms with Crippen LogP contribution in [0.3, 0.4) is 0 Å². The van der Waals surface area contributed by atoms with Gasteiger partial charge in [0.25, 0.3) is 0 Å². The fraction of sp³-hybridized carbons (Fsp3) is 0.556. The highest BCUT2D eigenvalue weighted by Gasteiger charge is 2.29. The van der Waals surface area contributed by atoms with Gasteiger partial charge in [-0.2, -0.15) is 9.40 Å². The molecular formula is C9H15N3O4S. The summed E-state index contributed by atoms with van der Waals surface area (Å²) >= 11 is 0. The molecule has 0 atom stereocenters. The van der Waals surface area contributed by atoms with Crippen molar-refractivity contribution in [2.45, 2.75) is 24.8 Å². The molecule has 0 spiro atoms. The van der Waals surface area contributed by atoms with Crippen molar-refractivity contribution in [2.75, 3.05) is 6.54 Å². The van der Waals surface area contributed by atoms with Crippen LogP contribution in [0.15, 0.2) is 17.3 Å². The van der Waals surface area contributed by atoms with Crippen molar-refractivity contribution >= 4 is 16.0 Å². The summed E-state index contributed by atoms with van der Waals surface area (Å²) in [7, 11) is -2.21. The zero-order valence-electron chi connectivity index (χ0n) is 9.86. The first-order valence-corrected chi connectivity index (χ1v) is 6.41. The Kier molecular flexibility index (Phi) is 3.89. The SMILES string of the molecule is CC(C)N(CC(=O)O)S(=O)(=O)c1cnn(C)c1. The monoisotopic (exact) mass is 261 g/mol. The van der Waals surface area contributed by atoms with Gasteiger partial charge in [-0.15, -0.1) is 0 Å². The van der Waals surface area contributed by atoms with Crippen molar-refractivity contribution in [1.29, 1.82) is 0 Å². The molecule has 96 valence electrons. The van der Waals surface area contributed by atoms with Gasteiger partial charge in [0.1, 0.15) is 11.4 Å². The maximum absolute atomic E-state index is 12.1. The molecule has 17 heavy (non-hydrogen) atoms. The molecule has 0 saturated carbocycles. The van der Waals surface area contributed by atoms with E-state index in [2.05, 4.69) is 5.10 Å². The van der Waals surface area contributed by atoms with Crippen LogP contribution in [0.1, 0.15) is 13.8 Å². The van der Waals surface area contributed by atoms with E-state index in [4.69, 9.17) is 5.11 Å². The summed E-state index contributed by atoms with van der Waals surface area (Å²) < 4.78 is 26.5. The summed E-state index contributed by atoms with van der Waals surface area (Å²) in [5, 5.41) is 12.5. The van der Waals surface area contributed by atoms with E-state index in [1.165, 1.54) is 17.1 Å². The number of rotatable bonds is 5. The van der Waals surface area contributed by atoms with Crippen LogP contribution >= 0.6 is 0 Å². The maximum atomic E-state index is 12.1. The standard InChI is InChI=1S/C9H15N3O4S/c1-7(2)12(6-9(13)14)17(15,16)8-4-10-11(3)5-8/h4-5,7H,6H2,1-3H3,(H,13,14). The Bertz CT molecular complexity index is 506.